The fraction of sp³-hybridized carbons (Fsp3) is 0. The van der Waals surface area contributed by atoms with E-state index in [4.69, 9.17) is 15.0 Å². The zero-order valence-electron chi connectivity index (χ0n) is 22.8. The molecule has 0 spiro atoms. The molecule has 0 radical (unpaired) electrons. The van der Waals surface area contributed by atoms with Gasteiger partial charge in [0.05, 0.1) is 16.9 Å². The highest BCUT2D eigenvalue weighted by atomic mass is 32.1. The molecule has 0 atom stereocenters. The van der Waals surface area contributed by atoms with Gasteiger partial charge >= 0.3 is 0 Å². The van der Waals surface area contributed by atoms with Gasteiger partial charge in [0.15, 0.2) is 5.82 Å². The zero-order chi connectivity index (χ0) is 28.3. The minimum absolute atomic E-state index is 0.571. The van der Waals surface area contributed by atoms with Crippen molar-refractivity contribution in [2.24, 2.45) is 0 Å². The van der Waals surface area contributed by atoms with Crippen molar-refractivity contribution in [3.8, 4) is 34.0 Å². The Morgan fingerprint density at radius 2 is 1.09 bits per heavy atom. The van der Waals surface area contributed by atoms with Gasteiger partial charge in [0, 0.05) is 72.2 Å². The average molecular weight is 568 g/mol. The summed E-state index contributed by atoms with van der Waals surface area (Å²) in [4.78, 5) is 24.3. The van der Waals surface area contributed by atoms with Crippen LogP contribution < -0.4 is 0 Å². The van der Waals surface area contributed by atoms with E-state index in [1.165, 1.54) is 30.9 Å². The second-order valence-electron chi connectivity index (χ2n) is 10.5. The van der Waals surface area contributed by atoms with Crippen LogP contribution in [0.15, 0.2) is 128 Å². The molecule has 5 nitrogen and oxygen atoms in total. The van der Waals surface area contributed by atoms with Crippen LogP contribution in [-0.4, -0.2) is 24.9 Å². The Hall–Kier alpha value is -5.59. The van der Waals surface area contributed by atoms with Crippen LogP contribution in [0.2, 0.25) is 0 Å². The molecule has 0 aliphatic heterocycles. The molecule has 5 heterocycles. The van der Waals surface area contributed by atoms with Crippen LogP contribution in [0.4, 0.5) is 0 Å². The topological polar surface area (TPSA) is 64.5 Å². The summed E-state index contributed by atoms with van der Waals surface area (Å²) in [6.07, 6.45) is 7.21. The van der Waals surface area contributed by atoms with Gasteiger partial charge in [0.1, 0.15) is 5.69 Å². The predicted molar refractivity (Wildman–Crippen MR) is 177 cm³/mol. The number of aromatic nitrogens is 5. The molecule has 200 valence electrons. The van der Waals surface area contributed by atoms with Crippen LogP contribution in [0.5, 0.6) is 0 Å². The summed E-state index contributed by atoms with van der Waals surface area (Å²) in [6, 6.07) is 35.6. The molecule has 4 aromatic carbocycles. The number of para-hydroxylation sites is 1. The van der Waals surface area contributed by atoms with Crippen LogP contribution in [0.25, 0.3) is 86.7 Å². The molecule has 0 unspecified atom stereocenters. The van der Waals surface area contributed by atoms with Crippen LogP contribution >= 0.6 is 11.3 Å². The Balaban J connectivity index is 1.49. The minimum atomic E-state index is 0.571. The highest BCUT2D eigenvalue weighted by Crippen LogP contribution is 2.47. The third-order valence-corrected chi connectivity index (χ3v) is 9.22. The van der Waals surface area contributed by atoms with Gasteiger partial charge in [0.25, 0.3) is 0 Å². The average Bonchev–Trinajstić information content (AvgIpc) is 3.48. The van der Waals surface area contributed by atoms with Crippen molar-refractivity contribution >= 4 is 64.0 Å². The Morgan fingerprint density at radius 1 is 0.488 bits per heavy atom. The van der Waals surface area contributed by atoms with Gasteiger partial charge in [-0.1, -0.05) is 60.7 Å². The third-order valence-electron chi connectivity index (χ3n) is 8.03. The molecule has 0 aliphatic carbocycles. The van der Waals surface area contributed by atoms with E-state index < -0.39 is 0 Å². The van der Waals surface area contributed by atoms with Crippen molar-refractivity contribution in [1.82, 2.24) is 24.9 Å². The summed E-state index contributed by atoms with van der Waals surface area (Å²) in [5.41, 5.74) is 5.08. The Labute approximate surface area is 250 Å². The van der Waals surface area contributed by atoms with E-state index in [1.54, 1.807) is 12.4 Å². The fourth-order valence-corrected chi connectivity index (χ4v) is 7.44. The van der Waals surface area contributed by atoms with E-state index in [9.17, 15) is 0 Å². The molecule has 0 saturated carbocycles. The van der Waals surface area contributed by atoms with E-state index in [0.29, 0.717) is 5.82 Å². The quantitative estimate of drug-likeness (QED) is 0.199. The SMILES string of the molecule is c1cncc(-c2cc(-c3cccnc3)nc(-c3nc4ccccc4c4c5sc6ccccc6c5c5ccccc5c34)n2)c1. The molecule has 43 heavy (non-hydrogen) atoms. The number of fused-ring (bicyclic) bond motifs is 10. The van der Waals surface area contributed by atoms with E-state index >= 15 is 0 Å². The van der Waals surface area contributed by atoms with Crippen molar-refractivity contribution < 1.29 is 0 Å². The number of hydrogen-bond donors (Lipinski definition) is 0. The van der Waals surface area contributed by atoms with Gasteiger partial charge in [-0.15, -0.1) is 11.3 Å². The number of pyridine rings is 3. The summed E-state index contributed by atoms with van der Waals surface area (Å²) in [5, 5.41) is 8.28. The Bertz CT molecular complexity index is 2450. The van der Waals surface area contributed by atoms with Crippen molar-refractivity contribution in [1.29, 1.82) is 0 Å². The van der Waals surface area contributed by atoms with Crippen LogP contribution in [-0.2, 0) is 0 Å². The van der Waals surface area contributed by atoms with E-state index in [0.717, 1.165) is 49.9 Å². The Kier molecular flexibility index (Phi) is 5.30. The summed E-state index contributed by atoms with van der Waals surface area (Å²) >= 11 is 1.84. The smallest absolute Gasteiger partial charge is 0.179 e. The van der Waals surface area contributed by atoms with Crippen molar-refractivity contribution in [2.45, 2.75) is 0 Å². The highest BCUT2D eigenvalue weighted by Gasteiger charge is 2.22. The second kappa shape index (κ2) is 9.48. The van der Waals surface area contributed by atoms with Crippen LogP contribution in [0.1, 0.15) is 0 Å². The first-order valence-electron chi connectivity index (χ1n) is 14.1. The maximum Gasteiger partial charge on any atom is 0.179 e. The molecular formula is C37H21N5S. The lowest BCUT2D eigenvalue weighted by Gasteiger charge is -2.15. The highest BCUT2D eigenvalue weighted by molar-refractivity contribution is 7.27. The van der Waals surface area contributed by atoms with Gasteiger partial charge in [0.2, 0.25) is 0 Å². The summed E-state index contributed by atoms with van der Waals surface area (Å²) < 4.78 is 2.52. The zero-order valence-corrected chi connectivity index (χ0v) is 23.6. The van der Waals surface area contributed by atoms with Gasteiger partial charge in [-0.05, 0) is 53.2 Å². The first-order chi connectivity index (χ1) is 21.3. The van der Waals surface area contributed by atoms with E-state index in [2.05, 4.69) is 76.7 Å². The molecule has 5 aromatic heterocycles. The lowest BCUT2D eigenvalue weighted by atomic mass is 9.93. The minimum Gasteiger partial charge on any atom is -0.264 e. The lowest BCUT2D eigenvalue weighted by molar-refractivity contribution is 1.16. The van der Waals surface area contributed by atoms with Crippen molar-refractivity contribution in [3.05, 3.63) is 128 Å². The van der Waals surface area contributed by atoms with Gasteiger partial charge in [-0.3, -0.25) is 9.97 Å². The third kappa shape index (κ3) is 3.74. The van der Waals surface area contributed by atoms with Gasteiger partial charge in [-0.2, -0.15) is 0 Å². The van der Waals surface area contributed by atoms with Crippen molar-refractivity contribution in [2.75, 3.05) is 0 Å². The predicted octanol–water partition coefficient (Wildman–Crippen LogP) is 9.49. The van der Waals surface area contributed by atoms with Crippen molar-refractivity contribution in [3.63, 3.8) is 0 Å². The van der Waals surface area contributed by atoms with E-state index in [-0.39, 0.29) is 0 Å². The summed E-state index contributed by atoms with van der Waals surface area (Å²) in [7, 11) is 0. The molecule has 0 N–H and O–H groups in total. The fourth-order valence-electron chi connectivity index (χ4n) is 6.16. The standard InChI is InChI=1S/C37H21N5S/c1-2-12-25-24(11-1)32-27-14-4-6-16-31(27)43-36(32)34-26-13-3-5-15-28(26)40-35(33(25)34)37-41-29(22-9-7-17-38-20-22)19-30(42-37)23-10-8-18-39-21-23/h1-21H. The number of nitrogens with zero attached hydrogens (tertiary/aromatic N) is 5. The first kappa shape index (κ1) is 24.1. The van der Waals surface area contributed by atoms with Crippen LogP contribution in [0.3, 0.4) is 0 Å². The number of hydrogen-bond acceptors (Lipinski definition) is 6. The van der Waals surface area contributed by atoms with Gasteiger partial charge < -0.3 is 0 Å². The molecule has 0 aliphatic rings. The van der Waals surface area contributed by atoms with E-state index in [1.807, 2.05) is 60.1 Å². The number of thiophene rings is 1. The summed E-state index contributed by atoms with van der Waals surface area (Å²) in [5.74, 6) is 0.571. The molecule has 0 fully saturated rings. The largest absolute Gasteiger partial charge is 0.264 e. The van der Waals surface area contributed by atoms with Gasteiger partial charge in [-0.25, -0.2) is 15.0 Å². The monoisotopic (exact) mass is 567 g/mol. The summed E-state index contributed by atoms with van der Waals surface area (Å²) in [6.45, 7) is 0. The maximum atomic E-state index is 5.30. The molecule has 9 aromatic rings. The first-order valence-corrected chi connectivity index (χ1v) is 14.9. The Morgan fingerprint density at radius 3 is 1.77 bits per heavy atom. The number of rotatable bonds is 3. The second-order valence-corrected chi connectivity index (χ2v) is 11.6. The number of benzene rings is 4. The normalized spacial score (nSPS) is 11.7. The molecule has 0 bridgehead atoms. The molecule has 6 heteroatoms. The maximum absolute atomic E-state index is 5.30. The molecule has 0 saturated heterocycles. The molecule has 9 rings (SSSR count). The molecule has 0 amide bonds. The molecular weight excluding hydrogens is 547 g/mol. The van der Waals surface area contributed by atoms with Crippen LogP contribution in [0, 0.1) is 0 Å². The lowest BCUT2D eigenvalue weighted by Crippen LogP contribution is -2.00.